The molecule has 0 atom stereocenters. The molecule has 2 aromatic rings. The van der Waals surface area contributed by atoms with Gasteiger partial charge in [0, 0.05) is 54.3 Å². The molecule has 1 heterocycles. The van der Waals surface area contributed by atoms with E-state index >= 15 is 0 Å². The van der Waals surface area contributed by atoms with E-state index in [2.05, 4.69) is 25.9 Å². The number of carbonyl (C=O) groups is 1. The van der Waals surface area contributed by atoms with Gasteiger partial charge >= 0.3 is 0 Å². The van der Waals surface area contributed by atoms with Crippen LogP contribution < -0.4 is 16.0 Å². The number of aryl methyl sites for hydroxylation is 1. The Morgan fingerprint density at radius 1 is 1.19 bits per heavy atom. The number of amides is 1. The third kappa shape index (κ3) is 7.01. The number of thiazole rings is 1. The summed E-state index contributed by atoms with van der Waals surface area (Å²) in [6.45, 7) is 6.59. The molecule has 0 saturated heterocycles. The first-order valence-electron chi connectivity index (χ1n) is 8.55. The second-order valence-corrected chi connectivity index (χ2v) is 7.32. The first-order valence-corrected chi connectivity index (χ1v) is 9.75. The lowest BCUT2D eigenvalue weighted by molar-refractivity contribution is 0.0954. The molecule has 26 heavy (non-hydrogen) atoms. The number of carbonyl (C=O) groups excluding carboxylic acids is 1. The highest BCUT2D eigenvalue weighted by Crippen LogP contribution is 2.11. The summed E-state index contributed by atoms with van der Waals surface area (Å²) in [5.41, 5.74) is 0.591. The van der Waals surface area contributed by atoms with E-state index in [0.29, 0.717) is 30.2 Å². The largest absolute Gasteiger partial charge is 0.357 e. The van der Waals surface area contributed by atoms with E-state index in [1.54, 1.807) is 35.6 Å². The lowest BCUT2D eigenvalue weighted by atomic mass is 10.2. The van der Waals surface area contributed by atoms with Crippen molar-refractivity contribution in [1.82, 2.24) is 20.9 Å². The molecule has 0 bridgehead atoms. The molecule has 1 amide bonds. The van der Waals surface area contributed by atoms with Gasteiger partial charge in [0.25, 0.3) is 5.91 Å². The topological polar surface area (TPSA) is 78.4 Å². The fourth-order valence-electron chi connectivity index (χ4n) is 2.18. The number of aromatic nitrogens is 1. The van der Waals surface area contributed by atoms with Crippen LogP contribution in [0.1, 0.15) is 27.2 Å². The van der Waals surface area contributed by atoms with E-state index in [0.717, 1.165) is 23.9 Å². The standard InChI is InChI=1S/C18H24ClN5OS/c1-3-20-18(22-9-8-16-24-12-13(2)26-16)23-11-10-21-17(25)14-4-6-15(19)7-5-14/h4-7,12H,3,8-11H2,1-2H3,(H,21,25)(H2,20,22,23). The normalized spacial score (nSPS) is 11.3. The molecular formula is C18H24ClN5OS. The minimum atomic E-state index is -0.121. The van der Waals surface area contributed by atoms with E-state index in [4.69, 9.17) is 11.6 Å². The number of guanidine groups is 1. The van der Waals surface area contributed by atoms with Crippen LogP contribution in [0.25, 0.3) is 0 Å². The van der Waals surface area contributed by atoms with Crippen LogP contribution >= 0.6 is 22.9 Å². The van der Waals surface area contributed by atoms with Crippen molar-refractivity contribution in [3.8, 4) is 0 Å². The first-order chi connectivity index (χ1) is 12.6. The van der Waals surface area contributed by atoms with Crippen LogP contribution in [0, 0.1) is 6.92 Å². The van der Waals surface area contributed by atoms with Crippen LogP contribution in [-0.4, -0.2) is 43.0 Å². The van der Waals surface area contributed by atoms with Crippen molar-refractivity contribution in [2.75, 3.05) is 26.2 Å². The predicted molar refractivity (Wildman–Crippen MR) is 108 cm³/mol. The summed E-state index contributed by atoms with van der Waals surface area (Å²) in [7, 11) is 0. The van der Waals surface area contributed by atoms with E-state index in [9.17, 15) is 4.79 Å². The van der Waals surface area contributed by atoms with E-state index in [1.807, 2.05) is 20.0 Å². The van der Waals surface area contributed by atoms with Crippen LogP contribution in [0.5, 0.6) is 0 Å². The maximum Gasteiger partial charge on any atom is 0.251 e. The summed E-state index contributed by atoms with van der Waals surface area (Å²) in [5, 5.41) is 11.0. The smallest absolute Gasteiger partial charge is 0.251 e. The fourth-order valence-corrected chi connectivity index (χ4v) is 3.08. The molecule has 0 aliphatic rings. The summed E-state index contributed by atoms with van der Waals surface area (Å²) in [6, 6.07) is 6.82. The summed E-state index contributed by atoms with van der Waals surface area (Å²) in [5.74, 6) is 0.617. The first kappa shape index (κ1) is 20.2. The highest BCUT2D eigenvalue weighted by molar-refractivity contribution is 7.11. The van der Waals surface area contributed by atoms with Crippen LogP contribution in [0.15, 0.2) is 35.5 Å². The number of hydrogen-bond acceptors (Lipinski definition) is 4. The van der Waals surface area contributed by atoms with Crippen molar-refractivity contribution in [2.24, 2.45) is 4.99 Å². The van der Waals surface area contributed by atoms with E-state index < -0.39 is 0 Å². The molecule has 1 aromatic heterocycles. The molecule has 6 nitrogen and oxygen atoms in total. The summed E-state index contributed by atoms with van der Waals surface area (Å²) >= 11 is 7.52. The van der Waals surface area contributed by atoms with Crippen molar-refractivity contribution < 1.29 is 4.79 Å². The van der Waals surface area contributed by atoms with Crippen molar-refractivity contribution in [3.05, 3.63) is 50.9 Å². The number of aliphatic imine (C=N–C) groups is 1. The minimum Gasteiger partial charge on any atom is -0.357 e. The Bertz CT molecular complexity index is 729. The average Bonchev–Trinajstić information content (AvgIpc) is 3.04. The van der Waals surface area contributed by atoms with Gasteiger partial charge < -0.3 is 16.0 Å². The summed E-state index contributed by atoms with van der Waals surface area (Å²) < 4.78 is 0. The highest BCUT2D eigenvalue weighted by Gasteiger charge is 2.04. The van der Waals surface area contributed by atoms with Gasteiger partial charge in [-0.1, -0.05) is 11.6 Å². The Balaban J connectivity index is 1.72. The van der Waals surface area contributed by atoms with Crippen molar-refractivity contribution in [3.63, 3.8) is 0 Å². The van der Waals surface area contributed by atoms with Gasteiger partial charge in [-0.05, 0) is 38.1 Å². The third-order valence-corrected chi connectivity index (χ3v) is 4.64. The van der Waals surface area contributed by atoms with Crippen molar-refractivity contribution >= 4 is 34.8 Å². The predicted octanol–water partition coefficient (Wildman–Crippen LogP) is 2.63. The van der Waals surface area contributed by atoms with E-state index in [1.165, 1.54) is 4.88 Å². The van der Waals surface area contributed by atoms with Crippen molar-refractivity contribution in [2.45, 2.75) is 20.3 Å². The Labute approximate surface area is 163 Å². The summed E-state index contributed by atoms with van der Waals surface area (Å²) in [6.07, 6.45) is 2.71. The molecular weight excluding hydrogens is 370 g/mol. The molecule has 1 aromatic carbocycles. The zero-order chi connectivity index (χ0) is 18.8. The molecule has 3 N–H and O–H groups in total. The van der Waals surface area contributed by atoms with Crippen molar-refractivity contribution in [1.29, 1.82) is 0 Å². The number of halogens is 1. The average molecular weight is 394 g/mol. The van der Waals surface area contributed by atoms with Gasteiger partial charge in [0.1, 0.15) is 0 Å². The molecule has 0 unspecified atom stereocenters. The van der Waals surface area contributed by atoms with Gasteiger partial charge in [0.05, 0.1) is 5.01 Å². The second kappa shape index (κ2) is 10.8. The highest BCUT2D eigenvalue weighted by atomic mass is 35.5. The molecule has 0 aliphatic heterocycles. The lowest BCUT2D eigenvalue weighted by Gasteiger charge is -2.11. The number of benzene rings is 1. The maximum atomic E-state index is 12.0. The molecule has 2 rings (SSSR count). The molecule has 0 fully saturated rings. The molecule has 0 aliphatic carbocycles. The number of nitrogens with one attached hydrogen (secondary N) is 3. The summed E-state index contributed by atoms with van der Waals surface area (Å²) in [4.78, 5) is 22.1. The van der Waals surface area contributed by atoms with Crippen LogP contribution in [0.3, 0.4) is 0 Å². The quantitative estimate of drug-likeness (QED) is 0.366. The third-order valence-electron chi connectivity index (χ3n) is 3.42. The molecule has 0 saturated carbocycles. The zero-order valence-corrected chi connectivity index (χ0v) is 16.6. The minimum absolute atomic E-state index is 0.121. The van der Waals surface area contributed by atoms with Gasteiger partial charge in [-0.2, -0.15) is 0 Å². The van der Waals surface area contributed by atoms with Gasteiger partial charge in [-0.25, -0.2) is 4.98 Å². The Morgan fingerprint density at radius 3 is 2.58 bits per heavy atom. The number of hydrogen-bond donors (Lipinski definition) is 3. The van der Waals surface area contributed by atoms with Gasteiger partial charge in [-0.15, -0.1) is 11.3 Å². The molecule has 140 valence electrons. The van der Waals surface area contributed by atoms with Crippen LogP contribution in [0.4, 0.5) is 0 Å². The molecule has 0 spiro atoms. The van der Waals surface area contributed by atoms with Gasteiger partial charge in [0.15, 0.2) is 5.96 Å². The van der Waals surface area contributed by atoms with Gasteiger partial charge in [0.2, 0.25) is 0 Å². The monoisotopic (exact) mass is 393 g/mol. The van der Waals surface area contributed by atoms with Gasteiger partial charge in [-0.3, -0.25) is 9.79 Å². The van der Waals surface area contributed by atoms with Crippen LogP contribution in [0.2, 0.25) is 5.02 Å². The molecule has 0 radical (unpaired) electrons. The Kier molecular flexibility index (Phi) is 8.37. The SMILES string of the molecule is CCNC(=NCCc1ncc(C)s1)NCCNC(=O)c1ccc(Cl)cc1. The second-order valence-electron chi connectivity index (χ2n) is 5.56. The lowest BCUT2D eigenvalue weighted by Crippen LogP contribution is -2.41. The zero-order valence-electron chi connectivity index (χ0n) is 15.0. The molecule has 8 heteroatoms. The number of nitrogens with zero attached hydrogens (tertiary/aromatic N) is 2. The van der Waals surface area contributed by atoms with Crippen LogP contribution in [-0.2, 0) is 6.42 Å². The number of rotatable bonds is 8. The maximum absolute atomic E-state index is 12.0. The Morgan fingerprint density at radius 2 is 1.92 bits per heavy atom. The Hall–Kier alpha value is -2.12. The fraction of sp³-hybridized carbons (Fsp3) is 0.389. The van der Waals surface area contributed by atoms with E-state index in [-0.39, 0.29) is 5.91 Å².